The maximum atomic E-state index is 13.0. The van der Waals surface area contributed by atoms with Crippen LogP contribution >= 0.6 is 0 Å². The van der Waals surface area contributed by atoms with Crippen LogP contribution in [0.25, 0.3) is 16.0 Å². The Hall–Kier alpha value is -3.10. The van der Waals surface area contributed by atoms with Crippen LogP contribution in [0.3, 0.4) is 0 Å². The van der Waals surface area contributed by atoms with Gasteiger partial charge in [-0.1, -0.05) is 18.6 Å². The first-order valence-corrected chi connectivity index (χ1v) is 8.06. The predicted octanol–water partition coefficient (Wildman–Crippen LogP) is 0.763. The molecule has 0 unspecified atom stereocenters. The summed E-state index contributed by atoms with van der Waals surface area (Å²) in [6, 6.07) is 0. The van der Waals surface area contributed by atoms with Gasteiger partial charge in [0, 0.05) is 26.2 Å². The van der Waals surface area contributed by atoms with Crippen molar-refractivity contribution >= 4 is 23.1 Å². The maximum absolute atomic E-state index is 13.0. The van der Waals surface area contributed by atoms with Crippen LogP contribution in [-0.4, -0.2) is 45.3 Å². The number of piperazine rings is 1. The summed E-state index contributed by atoms with van der Waals surface area (Å²) in [6.45, 7) is 16.6. The number of nitrogens with one attached hydrogen (secondary N) is 1. The molecule has 1 N–H and O–H groups in total. The van der Waals surface area contributed by atoms with E-state index in [9.17, 15) is 4.79 Å². The van der Waals surface area contributed by atoms with Gasteiger partial charge in [-0.15, -0.1) is 17.5 Å². The summed E-state index contributed by atoms with van der Waals surface area (Å²) >= 11 is 0. The van der Waals surface area contributed by atoms with Crippen molar-refractivity contribution in [3.63, 3.8) is 0 Å². The molecule has 2 aromatic heterocycles. The standard InChI is InChI=1S/C17H19N7O/c1-4-6-10-23-13-14(21-17(23)22-11-7-19-8-12-22)20-16(18-3)24(9-5-2)15(13)25/h5,19H,2,7-12H2,1H3. The SMILES string of the molecule is [C-]#[N+]c1nc2nc(N3CCNCC3)n(CC#CC)c2c(=O)n1CC=C. The highest BCUT2D eigenvalue weighted by atomic mass is 16.1. The average molecular weight is 337 g/mol. The van der Waals surface area contributed by atoms with E-state index in [1.165, 1.54) is 4.57 Å². The molecule has 0 aromatic carbocycles. The van der Waals surface area contributed by atoms with Crippen LogP contribution in [0.4, 0.5) is 11.9 Å². The van der Waals surface area contributed by atoms with Crippen LogP contribution in [0, 0.1) is 18.4 Å². The normalized spacial score (nSPS) is 14.0. The van der Waals surface area contributed by atoms with Crippen LogP contribution in [0.5, 0.6) is 0 Å². The Morgan fingerprint density at radius 1 is 1.36 bits per heavy atom. The highest BCUT2D eigenvalue weighted by Gasteiger charge is 2.25. The third-order valence-electron chi connectivity index (χ3n) is 4.05. The average Bonchev–Trinajstić information content (AvgIpc) is 3.01. The number of imidazole rings is 1. The summed E-state index contributed by atoms with van der Waals surface area (Å²) in [4.78, 5) is 27.3. The second-order valence-corrected chi connectivity index (χ2v) is 5.56. The van der Waals surface area contributed by atoms with Crippen molar-refractivity contribution in [2.24, 2.45) is 0 Å². The molecule has 1 aliphatic rings. The second kappa shape index (κ2) is 7.20. The quantitative estimate of drug-likeness (QED) is 0.507. The van der Waals surface area contributed by atoms with Gasteiger partial charge in [-0.3, -0.25) is 9.13 Å². The molecule has 128 valence electrons. The maximum Gasteiger partial charge on any atom is 0.343 e. The fourth-order valence-electron chi connectivity index (χ4n) is 2.88. The fraction of sp³-hybridized carbons (Fsp3) is 0.412. The number of anilines is 1. The number of fused-ring (bicyclic) bond motifs is 1. The summed E-state index contributed by atoms with van der Waals surface area (Å²) in [5.74, 6) is 6.56. The van der Waals surface area contributed by atoms with Gasteiger partial charge in [0.25, 0.3) is 0 Å². The van der Waals surface area contributed by atoms with Crippen molar-refractivity contribution in [3.05, 3.63) is 34.4 Å². The Labute approximate surface area is 145 Å². The molecule has 1 saturated heterocycles. The summed E-state index contributed by atoms with van der Waals surface area (Å²) in [6.07, 6.45) is 1.58. The van der Waals surface area contributed by atoms with E-state index in [1.807, 2.05) is 0 Å². The van der Waals surface area contributed by atoms with E-state index in [2.05, 4.69) is 43.4 Å². The smallest absolute Gasteiger partial charge is 0.343 e. The van der Waals surface area contributed by atoms with Gasteiger partial charge in [0.05, 0.1) is 13.1 Å². The minimum atomic E-state index is -0.289. The van der Waals surface area contributed by atoms with Crippen LogP contribution in [0.15, 0.2) is 17.4 Å². The summed E-state index contributed by atoms with van der Waals surface area (Å²) in [5.41, 5.74) is 0.385. The highest BCUT2D eigenvalue weighted by molar-refractivity contribution is 5.76. The molecule has 0 aliphatic carbocycles. The Balaban J connectivity index is 2.27. The molecule has 0 saturated carbocycles. The lowest BCUT2D eigenvalue weighted by Gasteiger charge is -2.28. The number of aromatic nitrogens is 4. The van der Waals surface area contributed by atoms with Gasteiger partial charge >= 0.3 is 11.5 Å². The van der Waals surface area contributed by atoms with Gasteiger partial charge in [0.1, 0.15) is 0 Å². The number of hydrogen-bond acceptors (Lipinski definition) is 5. The molecular formula is C17H19N7O. The number of nitrogens with zero attached hydrogens (tertiary/aromatic N) is 6. The van der Waals surface area contributed by atoms with Gasteiger partial charge in [-0.2, -0.15) is 4.98 Å². The minimum Gasteiger partial charge on any atom is -0.396 e. The Bertz CT molecular complexity index is 961. The first-order valence-electron chi connectivity index (χ1n) is 8.06. The highest BCUT2D eigenvalue weighted by Crippen LogP contribution is 2.21. The van der Waals surface area contributed by atoms with E-state index >= 15 is 0 Å². The van der Waals surface area contributed by atoms with Crippen molar-refractivity contribution in [2.45, 2.75) is 20.0 Å². The Kier molecular flexibility index (Phi) is 4.82. The fourth-order valence-corrected chi connectivity index (χ4v) is 2.88. The second-order valence-electron chi connectivity index (χ2n) is 5.56. The molecular weight excluding hydrogens is 318 g/mol. The van der Waals surface area contributed by atoms with E-state index in [1.54, 1.807) is 17.6 Å². The van der Waals surface area contributed by atoms with E-state index in [0.29, 0.717) is 23.7 Å². The van der Waals surface area contributed by atoms with Crippen LogP contribution in [0.1, 0.15) is 6.92 Å². The van der Waals surface area contributed by atoms with Crippen LogP contribution in [0.2, 0.25) is 0 Å². The molecule has 0 radical (unpaired) electrons. The minimum absolute atomic E-state index is 0.0236. The van der Waals surface area contributed by atoms with Crippen LogP contribution in [-0.2, 0) is 13.1 Å². The first-order chi connectivity index (χ1) is 12.2. The zero-order chi connectivity index (χ0) is 17.8. The van der Waals surface area contributed by atoms with Crippen molar-refractivity contribution in [3.8, 4) is 11.8 Å². The zero-order valence-electron chi connectivity index (χ0n) is 14.1. The molecule has 2 aromatic rings. The lowest BCUT2D eigenvalue weighted by atomic mass is 10.4. The number of hydrogen-bond donors (Lipinski definition) is 1. The molecule has 25 heavy (non-hydrogen) atoms. The predicted molar refractivity (Wildman–Crippen MR) is 96.8 cm³/mol. The summed E-state index contributed by atoms with van der Waals surface area (Å²) in [5, 5.41) is 3.30. The molecule has 3 heterocycles. The number of allylic oxidation sites excluding steroid dienone is 1. The van der Waals surface area contributed by atoms with E-state index in [4.69, 9.17) is 6.57 Å². The summed E-state index contributed by atoms with van der Waals surface area (Å²) in [7, 11) is 0. The van der Waals surface area contributed by atoms with Crippen molar-refractivity contribution < 1.29 is 0 Å². The summed E-state index contributed by atoms with van der Waals surface area (Å²) < 4.78 is 3.13. The third-order valence-corrected chi connectivity index (χ3v) is 4.05. The van der Waals surface area contributed by atoms with E-state index in [-0.39, 0.29) is 18.1 Å². The van der Waals surface area contributed by atoms with Crippen molar-refractivity contribution in [2.75, 3.05) is 31.1 Å². The third kappa shape index (κ3) is 3.00. The Morgan fingerprint density at radius 2 is 2.12 bits per heavy atom. The molecule has 1 aliphatic heterocycles. The first kappa shape index (κ1) is 16.7. The van der Waals surface area contributed by atoms with Gasteiger partial charge in [0.2, 0.25) is 11.6 Å². The molecule has 0 atom stereocenters. The molecule has 0 spiro atoms. The van der Waals surface area contributed by atoms with Crippen molar-refractivity contribution in [1.29, 1.82) is 0 Å². The van der Waals surface area contributed by atoms with Crippen LogP contribution < -0.4 is 15.8 Å². The molecule has 1 fully saturated rings. The topological polar surface area (TPSA) is 72.3 Å². The number of rotatable bonds is 4. The molecule has 3 rings (SSSR count). The van der Waals surface area contributed by atoms with E-state index in [0.717, 1.165) is 26.2 Å². The monoisotopic (exact) mass is 337 g/mol. The van der Waals surface area contributed by atoms with Gasteiger partial charge in [-0.05, 0) is 6.92 Å². The lowest BCUT2D eigenvalue weighted by molar-refractivity contribution is 0.573. The van der Waals surface area contributed by atoms with Gasteiger partial charge in [0.15, 0.2) is 5.52 Å². The van der Waals surface area contributed by atoms with Crippen molar-refractivity contribution in [1.82, 2.24) is 24.4 Å². The molecule has 0 bridgehead atoms. The Morgan fingerprint density at radius 3 is 2.76 bits per heavy atom. The van der Waals surface area contributed by atoms with Gasteiger partial charge < -0.3 is 15.1 Å². The van der Waals surface area contributed by atoms with Gasteiger partial charge in [-0.25, -0.2) is 4.79 Å². The molecule has 8 heteroatoms. The largest absolute Gasteiger partial charge is 0.396 e. The lowest BCUT2D eigenvalue weighted by Crippen LogP contribution is -2.44. The molecule has 8 nitrogen and oxygen atoms in total. The molecule has 0 amide bonds. The zero-order valence-corrected chi connectivity index (χ0v) is 14.1. The van der Waals surface area contributed by atoms with E-state index < -0.39 is 0 Å².